The molecule has 6 nitrogen and oxygen atoms in total. The monoisotopic (exact) mass is 381 g/mol. The van der Waals surface area contributed by atoms with Crippen LogP contribution >= 0.6 is 0 Å². The van der Waals surface area contributed by atoms with E-state index in [9.17, 15) is 0 Å². The average Bonchev–Trinajstić information content (AvgIpc) is 2.76. The van der Waals surface area contributed by atoms with Gasteiger partial charge in [-0.3, -0.25) is 14.9 Å². The third-order valence-electron chi connectivity index (χ3n) is 4.84. The fourth-order valence-electron chi connectivity index (χ4n) is 3.37. The van der Waals surface area contributed by atoms with E-state index in [0.717, 1.165) is 57.5 Å². The van der Waals surface area contributed by atoms with Crippen LogP contribution in [0, 0.1) is 0 Å². The summed E-state index contributed by atoms with van der Waals surface area (Å²) in [4.78, 5) is 11.7. The lowest BCUT2D eigenvalue weighted by Crippen LogP contribution is -2.42. The van der Waals surface area contributed by atoms with Gasteiger partial charge in [0, 0.05) is 44.5 Å². The van der Waals surface area contributed by atoms with Crippen LogP contribution in [0.15, 0.2) is 59.7 Å². The van der Waals surface area contributed by atoms with Crippen molar-refractivity contribution in [2.24, 2.45) is 4.99 Å². The van der Waals surface area contributed by atoms with Gasteiger partial charge in [0.15, 0.2) is 5.96 Å². The SMILES string of the molecule is CCNC(=NCC(c1ccccc1)N1CCOCC1)NCCc1ccccn1. The second-order valence-corrected chi connectivity index (χ2v) is 6.79. The van der Waals surface area contributed by atoms with E-state index in [2.05, 4.69) is 63.8 Å². The lowest BCUT2D eigenvalue weighted by Gasteiger charge is -2.34. The summed E-state index contributed by atoms with van der Waals surface area (Å²) < 4.78 is 5.54. The van der Waals surface area contributed by atoms with E-state index < -0.39 is 0 Å². The van der Waals surface area contributed by atoms with Crippen LogP contribution in [-0.4, -0.2) is 61.8 Å². The normalized spacial score (nSPS) is 16.5. The number of hydrogen-bond donors (Lipinski definition) is 2. The maximum Gasteiger partial charge on any atom is 0.191 e. The molecule has 0 radical (unpaired) electrons. The molecule has 28 heavy (non-hydrogen) atoms. The molecular formula is C22H31N5O. The molecule has 3 rings (SSSR count). The highest BCUT2D eigenvalue weighted by molar-refractivity contribution is 5.79. The molecule has 1 unspecified atom stereocenters. The smallest absolute Gasteiger partial charge is 0.191 e. The van der Waals surface area contributed by atoms with Gasteiger partial charge in [-0.2, -0.15) is 0 Å². The van der Waals surface area contributed by atoms with Gasteiger partial charge in [-0.25, -0.2) is 0 Å². The number of nitrogens with zero attached hydrogens (tertiary/aromatic N) is 3. The van der Waals surface area contributed by atoms with Crippen molar-refractivity contribution in [2.75, 3.05) is 45.9 Å². The predicted octanol–water partition coefficient (Wildman–Crippen LogP) is 2.25. The molecule has 2 aromatic rings. The summed E-state index contributed by atoms with van der Waals surface area (Å²) in [6.07, 6.45) is 2.71. The second kappa shape index (κ2) is 11.4. The van der Waals surface area contributed by atoms with Gasteiger partial charge in [-0.05, 0) is 24.6 Å². The maximum absolute atomic E-state index is 5.54. The minimum Gasteiger partial charge on any atom is -0.379 e. The largest absolute Gasteiger partial charge is 0.379 e. The molecule has 0 aliphatic carbocycles. The lowest BCUT2D eigenvalue weighted by atomic mass is 10.1. The summed E-state index contributed by atoms with van der Waals surface area (Å²) in [5.41, 5.74) is 2.39. The predicted molar refractivity (Wildman–Crippen MR) is 113 cm³/mol. The Bertz CT molecular complexity index is 701. The Morgan fingerprint density at radius 1 is 1.11 bits per heavy atom. The summed E-state index contributed by atoms with van der Waals surface area (Å²) in [7, 11) is 0. The highest BCUT2D eigenvalue weighted by Gasteiger charge is 2.22. The average molecular weight is 382 g/mol. The summed E-state index contributed by atoms with van der Waals surface area (Å²) in [6, 6.07) is 16.9. The zero-order valence-electron chi connectivity index (χ0n) is 16.7. The van der Waals surface area contributed by atoms with Crippen LogP contribution in [0.3, 0.4) is 0 Å². The van der Waals surface area contributed by atoms with Gasteiger partial charge in [0.05, 0.1) is 25.8 Å². The van der Waals surface area contributed by atoms with Crippen molar-refractivity contribution < 1.29 is 4.74 Å². The zero-order chi connectivity index (χ0) is 19.4. The first kappa shape index (κ1) is 20.3. The zero-order valence-corrected chi connectivity index (χ0v) is 16.7. The third-order valence-corrected chi connectivity index (χ3v) is 4.84. The van der Waals surface area contributed by atoms with Crippen molar-refractivity contribution in [3.05, 3.63) is 66.0 Å². The molecule has 1 fully saturated rings. The first-order chi connectivity index (χ1) is 13.9. The van der Waals surface area contributed by atoms with E-state index in [0.29, 0.717) is 6.54 Å². The van der Waals surface area contributed by atoms with Gasteiger partial charge in [0.25, 0.3) is 0 Å². The lowest BCUT2D eigenvalue weighted by molar-refractivity contribution is 0.0180. The maximum atomic E-state index is 5.54. The van der Waals surface area contributed by atoms with Crippen molar-refractivity contribution in [3.8, 4) is 0 Å². The van der Waals surface area contributed by atoms with Crippen LogP contribution in [0.25, 0.3) is 0 Å². The van der Waals surface area contributed by atoms with Crippen LogP contribution in [0.4, 0.5) is 0 Å². The number of nitrogens with one attached hydrogen (secondary N) is 2. The molecule has 2 N–H and O–H groups in total. The van der Waals surface area contributed by atoms with Gasteiger partial charge in [0.1, 0.15) is 0 Å². The van der Waals surface area contributed by atoms with Gasteiger partial charge in [-0.15, -0.1) is 0 Å². The molecule has 1 aromatic heterocycles. The minimum absolute atomic E-state index is 0.261. The number of rotatable bonds is 8. The number of pyridine rings is 1. The minimum atomic E-state index is 0.261. The molecule has 2 heterocycles. The van der Waals surface area contributed by atoms with Crippen LogP contribution in [0.1, 0.15) is 24.2 Å². The quantitative estimate of drug-likeness (QED) is 0.543. The van der Waals surface area contributed by atoms with Crippen LogP contribution in [0.2, 0.25) is 0 Å². The number of hydrogen-bond acceptors (Lipinski definition) is 4. The Hall–Kier alpha value is -2.44. The van der Waals surface area contributed by atoms with Gasteiger partial charge < -0.3 is 15.4 Å². The van der Waals surface area contributed by atoms with E-state index >= 15 is 0 Å². The van der Waals surface area contributed by atoms with Crippen molar-refractivity contribution in [1.29, 1.82) is 0 Å². The molecule has 150 valence electrons. The highest BCUT2D eigenvalue weighted by atomic mass is 16.5. The molecule has 0 bridgehead atoms. The van der Waals surface area contributed by atoms with Gasteiger partial charge >= 0.3 is 0 Å². The molecule has 0 amide bonds. The van der Waals surface area contributed by atoms with E-state index in [4.69, 9.17) is 9.73 Å². The number of aromatic nitrogens is 1. The third kappa shape index (κ3) is 6.32. The number of guanidine groups is 1. The molecule has 1 aliphatic rings. The molecule has 1 aromatic carbocycles. The molecule has 1 saturated heterocycles. The summed E-state index contributed by atoms with van der Waals surface area (Å²) in [5, 5.41) is 6.79. The van der Waals surface area contributed by atoms with Crippen LogP contribution < -0.4 is 10.6 Å². The van der Waals surface area contributed by atoms with Crippen molar-refractivity contribution in [2.45, 2.75) is 19.4 Å². The Balaban J connectivity index is 1.63. The number of ether oxygens (including phenoxy) is 1. The molecule has 6 heteroatoms. The summed E-state index contributed by atoms with van der Waals surface area (Å²) in [5.74, 6) is 0.854. The summed E-state index contributed by atoms with van der Waals surface area (Å²) >= 11 is 0. The van der Waals surface area contributed by atoms with Crippen molar-refractivity contribution in [1.82, 2.24) is 20.5 Å². The van der Waals surface area contributed by atoms with Crippen LogP contribution in [-0.2, 0) is 11.2 Å². The Morgan fingerprint density at radius 2 is 1.89 bits per heavy atom. The number of benzene rings is 1. The second-order valence-electron chi connectivity index (χ2n) is 6.79. The molecule has 0 spiro atoms. The van der Waals surface area contributed by atoms with Crippen molar-refractivity contribution >= 4 is 5.96 Å². The van der Waals surface area contributed by atoms with E-state index in [1.807, 2.05) is 18.3 Å². The number of morpholine rings is 1. The molecule has 0 saturated carbocycles. The van der Waals surface area contributed by atoms with E-state index in [-0.39, 0.29) is 6.04 Å². The summed E-state index contributed by atoms with van der Waals surface area (Å²) in [6.45, 7) is 7.90. The van der Waals surface area contributed by atoms with Crippen LogP contribution in [0.5, 0.6) is 0 Å². The first-order valence-electron chi connectivity index (χ1n) is 10.2. The standard InChI is InChI=1S/C22H31N5O/c1-2-23-22(25-13-11-20-10-6-7-12-24-20)26-18-21(19-8-4-3-5-9-19)27-14-16-28-17-15-27/h3-10,12,21H,2,11,13-18H2,1H3,(H2,23,25,26). The fourth-order valence-corrected chi connectivity index (χ4v) is 3.37. The highest BCUT2D eigenvalue weighted by Crippen LogP contribution is 2.22. The van der Waals surface area contributed by atoms with E-state index in [1.165, 1.54) is 5.56 Å². The molecule has 1 aliphatic heterocycles. The Labute approximate surface area is 168 Å². The Morgan fingerprint density at radius 3 is 2.61 bits per heavy atom. The number of aliphatic imine (C=N–C) groups is 1. The van der Waals surface area contributed by atoms with E-state index in [1.54, 1.807) is 0 Å². The van der Waals surface area contributed by atoms with Gasteiger partial charge in [-0.1, -0.05) is 36.4 Å². The Kier molecular flexibility index (Phi) is 8.27. The topological polar surface area (TPSA) is 61.8 Å². The van der Waals surface area contributed by atoms with Gasteiger partial charge in [0.2, 0.25) is 0 Å². The molecular weight excluding hydrogens is 350 g/mol. The molecule has 1 atom stereocenters. The first-order valence-corrected chi connectivity index (χ1v) is 10.2. The fraction of sp³-hybridized carbons (Fsp3) is 0.455. The van der Waals surface area contributed by atoms with Crippen molar-refractivity contribution in [3.63, 3.8) is 0 Å².